The molecule has 11 heteroatoms. The topological polar surface area (TPSA) is 116 Å². The Morgan fingerprint density at radius 3 is 2.47 bits per heavy atom. The Labute approximate surface area is 204 Å². The van der Waals surface area contributed by atoms with E-state index in [0.29, 0.717) is 11.5 Å². The first-order valence-corrected chi connectivity index (χ1v) is 10.8. The molecule has 1 aliphatic heterocycles. The van der Waals surface area contributed by atoms with Crippen molar-refractivity contribution in [1.82, 2.24) is 15.3 Å². The molecule has 1 aliphatic rings. The van der Waals surface area contributed by atoms with Gasteiger partial charge in [0.15, 0.2) is 0 Å². The van der Waals surface area contributed by atoms with Gasteiger partial charge in [-0.1, -0.05) is 17.6 Å². The van der Waals surface area contributed by atoms with Gasteiger partial charge in [0.05, 0.1) is 5.52 Å². The van der Waals surface area contributed by atoms with Gasteiger partial charge in [-0.25, -0.2) is 14.8 Å². The molecular weight excluding hydrogens is 475 g/mol. The van der Waals surface area contributed by atoms with Gasteiger partial charge in [0.2, 0.25) is 5.91 Å². The summed E-state index contributed by atoms with van der Waals surface area (Å²) >= 11 is 0. The largest absolute Gasteiger partial charge is 0.490 e. The summed E-state index contributed by atoms with van der Waals surface area (Å²) in [4.78, 5) is 30.0. The average molecular weight is 497 g/mol. The third-order valence-electron chi connectivity index (χ3n) is 5.02. The first-order chi connectivity index (χ1) is 17.2. The predicted molar refractivity (Wildman–Crippen MR) is 130 cm³/mol. The fraction of sp³-hybridized carbons (Fsp3) is 0.200. The van der Waals surface area contributed by atoms with E-state index in [1.165, 1.54) is 11.9 Å². The number of terminal acetylenes is 1. The quantitative estimate of drug-likeness (QED) is 0.315. The van der Waals surface area contributed by atoms with E-state index in [2.05, 4.69) is 31.8 Å². The molecule has 1 amide bonds. The molecule has 8 nitrogen and oxygen atoms in total. The number of alkyl halides is 3. The van der Waals surface area contributed by atoms with Crippen molar-refractivity contribution in [3.63, 3.8) is 0 Å². The molecule has 4 rings (SSSR count). The number of amides is 1. The molecule has 3 aromatic rings. The highest BCUT2D eigenvalue weighted by Gasteiger charge is 2.38. The monoisotopic (exact) mass is 497 g/mol. The molecule has 4 N–H and O–H groups in total. The number of carboxylic acids is 1. The minimum Gasteiger partial charge on any atom is -0.475 e. The van der Waals surface area contributed by atoms with Crippen LogP contribution in [0.25, 0.3) is 10.9 Å². The van der Waals surface area contributed by atoms with Crippen LogP contribution in [0.5, 0.6) is 0 Å². The number of hydrogen-bond donors (Lipinski definition) is 4. The van der Waals surface area contributed by atoms with Crippen LogP contribution in [-0.4, -0.2) is 46.2 Å². The predicted octanol–water partition coefficient (Wildman–Crippen LogP) is 4.24. The van der Waals surface area contributed by atoms with E-state index >= 15 is 0 Å². The summed E-state index contributed by atoms with van der Waals surface area (Å²) < 4.78 is 31.7. The molecule has 0 aliphatic carbocycles. The van der Waals surface area contributed by atoms with Gasteiger partial charge in [-0.05, 0) is 62.3 Å². The molecule has 0 unspecified atom stereocenters. The van der Waals surface area contributed by atoms with Crippen LogP contribution in [0, 0.1) is 12.3 Å². The van der Waals surface area contributed by atoms with Gasteiger partial charge in [0.1, 0.15) is 12.1 Å². The number of hydrogen-bond acceptors (Lipinski definition) is 6. The summed E-state index contributed by atoms with van der Waals surface area (Å²) in [6, 6.07) is 13.1. The number of halogens is 3. The maximum atomic E-state index is 12.4. The van der Waals surface area contributed by atoms with Gasteiger partial charge in [-0.2, -0.15) is 13.2 Å². The molecule has 186 valence electrons. The third kappa shape index (κ3) is 7.54. The smallest absolute Gasteiger partial charge is 0.475 e. The molecule has 2 heterocycles. The van der Waals surface area contributed by atoms with E-state index in [-0.39, 0.29) is 5.91 Å². The number of carboxylic acid groups (broad SMARTS) is 1. The van der Waals surface area contributed by atoms with Crippen molar-refractivity contribution < 1.29 is 27.9 Å². The molecule has 0 radical (unpaired) electrons. The average Bonchev–Trinajstić information content (AvgIpc) is 2.85. The Morgan fingerprint density at radius 1 is 1.08 bits per heavy atom. The number of benzene rings is 2. The Kier molecular flexibility index (Phi) is 8.59. The molecule has 1 saturated heterocycles. The standard InChI is InChI=1S/C23H21N5O.C2HF3O2/c1-2-16-4-3-5-18(12-16)28-23-20-14-19(6-7-21(20)25-15-26-23)27-22(29)13-17-8-10-24-11-9-17;3-2(4,5)1(6)7/h1,3-7,12-15,24H,8-11H2,(H,27,29)(H,25,26,28);(H,6,7). The summed E-state index contributed by atoms with van der Waals surface area (Å²) in [5.41, 5.74) is 4.27. The number of nitrogens with one attached hydrogen (secondary N) is 3. The number of rotatable bonds is 4. The number of carbonyl (C=O) groups is 2. The summed E-state index contributed by atoms with van der Waals surface area (Å²) in [5.74, 6) is 0.401. The van der Waals surface area contributed by atoms with Crippen LogP contribution in [0.4, 0.5) is 30.4 Å². The first kappa shape index (κ1) is 26.2. The Bertz CT molecular complexity index is 1320. The van der Waals surface area contributed by atoms with E-state index in [9.17, 15) is 18.0 Å². The molecule has 0 saturated carbocycles. The number of carbonyl (C=O) groups excluding carboxylic acids is 1. The Hall–Kier alpha value is -4.43. The van der Waals surface area contributed by atoms with Gasteiger partial charge in [0, 0.05) is 28.4 Å². The van der Waals surface area contributed by atoms with Crippen molar-refractivity contribution in [2.24, 2.45) is 0 Å². The van der Waals surface area contributed by atoms with E-state index in [1.54, 1.807) is 6.08 Å². The fourth-order valence-electron chi connectivity index (χ4n) is 3.31. The zero-order valence-corrected chi connectivity index (χ0v) is 18.9. The van der Waals surface area contributed by atoms with Crippen molar-refractivity contribution in [2.45, 2.75) is 19.0 Å². The summed E-state index contributed by atoms with van der Waals surface area (Å²) in [7, 11) is 0. The van der Waals surface area contributed by atoms with Crippen LogP contribution < -0.4 is 16.0 Å². The molecule has 1 fully saturated rings. The van der Waals surface area contributed by atoms with Crippen LogP contribution in [-0.2, 0) is 9.59 Å². The van der Waals surface area contributed by atoms with Gasteiger partial charge >= 0.3 is 12.1 Å². The van der Waals surface area contributed by atoms with Crippen molar-refractivity contribution in [1.29, 1.82) is 0 Å². The lowest BCUT2D eigenvalue weighted by molar-refractivity contribution is -0.192. The van der Waals surface area contributed by atoms with Crippen LogP contribution in [0.15, 0.2) is 60.4 Å². The number of aliphatic carboxylic acids is 1. The lowest BCUT2D eigenvalue weighted by Gasteiger charge is -2.15. The zero-order chi connectivity index (χ0) is 26.1. The molecule has 1 aromatic heterocycles. The second kappa shape index (κ2) is 11.8. The lowest BCUT2D eigenvalue weighted by Crippen LogP contribution is -2.24. The van der Waals surface area contributed by atoms with Crippen molar-refractivity contribution in [3.8, 4) is 12.3 Å². The number of aromatic nitrogens is 2. The zero-order valence-electron chi connectivity index (χ0n) is 18.9. The number of piperidine rings is 1. The summed E-state index contributed by atoms with van der Waals surface area (Å²) in [6.07, 6.45) is 5.43. The normalized spacial score (nSPS) is 13.1. The van der Waals surface area contributed by atoms with Crippen LogP contribution >= 0.6 is 0 Å². The van der Waals surface area contributed by atoms with Crippen LogP contribution in [0.3, 0.4) is 0 Å². The Balaban J connectivity index is 0.000000454. The number of anilines is 3. The highest BCUT2D eigenvalue weighted by atomic mass is 19.4. The molecule has 36 heavy (non-hydrogen) atoms. The fourth-order valence-corrected chi connectivity index (χ4v) is 3.31. The first-order valence-electron chi connectivity index (χ1n) is 10.8. The molecule has 0 spiro atoms. The van der Waals surface area contributed by atoms with Crippen molar-refractivity contribution in [2.75, 3.05) is 23.7 Å². The van der Waals surface area contributed by atoms with Gasteiger partial charge < -0.3 is 21.1 Å². The van der Waals surface area contributed by atoms with Crippen molar-refractivity contribution in [3.05, 3.63) is 66.0 Å². The van der Waals surface area contributed by atoms with Gasteiger partial charge in [0.25, 0.3) is 0 Å². The third-order valence-corrected chi connectivity index (χ3v) is 5.02. The van der Waals surface area contributed by atoms with Gasteiger partial charge in [-0.15, -0.1) is 6.42 Å². The number of fused-ring (bicyclic) bond motifs is 1. The van der Waals surface area contributed by atoms with E-state index in [0.717, 1.165) is 48.1 Å². The SMILES string of the molecule is C#Cc1cccc(Nc2ncnc3ccc(NC(=O)C=C4CCNCC4)cc23)c1.O=C(O)C(F)(F)F. The van der Waals surface area contributed by atoms with Gasteiger partial charge in [-0.3, -0.25) is 4.79 Å². The van der Waals surface area contributed by atoms with E-state index in [4.69, 9.17) is 16.3 Å². The highest BCUT2D eigenvalue weighted by Crippen LogP contribution is 2.26. The molecule has 0 atom stereocenters. The molecule has 0 bridgehead atoms. The highest BCUT2D eigenvalue weighted by molar-refractivity contribution is 6.02. The second-order valence-electron chi connectivity index (χ2n) is 7.65. The van der Waals surface area contributed by atoms with Crippen LogP contribution in [0.1, 0.15) is 18.4 Å². The Morgan fingerprint density at radius 2 is 1.81 bits per heavy atom. The van der Waals surface area contributed by atoms with E-state index in [1.807, 2.05) is 42.5 Å². The molecular formula is C25H22F3N5O3. The second-order valence-corrected chi connectivity index (χ2v) is 7.65. The number of nitrogens with zero attached hydrogens (tertiary/aromatic N) is 2. The van der Waals surface area contributed by atoms with E-state index < -0.39 is 12.1 Å². The maximum Gasteiger partial charge on any atom is 0.490 e. The van der Waals surface area contributed by atoms with Crippen LogP contribution in [0.2, 0.25) is 0 Å². The lowest BCUT2D eigenvalue weighted by atomic mass is 10.1. The summed E-state index contributed by atoms with van der Waals surface area (Å²) in [6.45, 7) is 1.84. The minimum absolute atomic E-state index is 0.116. The molecule has 2 aromatic carbocycles. The maximum absolute atomic E-state index is 12.4. The minimum atomic E-state index is -5.08. The van der Waals surface area contributed by atoms with Crippen molar-refractivity contribution >= 4 is 40.0 Å². The summed E-state index contributed by atoms with van der Waals surface area (Å²) in [5, 5.41) is 17.5.